The van der Waals surface area contributed by atoms with Gasteiger partial charge in [-0.2, -0.15) is 0 Å². The van der Waals surface area contributed by atoms with Crippen LogP contribution in [0.3, 0.4) is 0 Å². The molecule has 1 atom stereocenters. The molecule has 9 heteroatoms. The smallest absolute Gasteiger partial charge is 0.229 e. The third-order valence-corrected chi connectivity index (χ3v) is 7.40. The zero-order valence-electron chi connectivity index (χ0n) is 21.2. The van der Waals surface area contributed by atoms with Crippen LogP contribution < -0.4 is 10.1 Å². The van der Waals surface area contributed by atoms with Crippen molar-refractivity contribution in [2.75, 3.05) is 33.3 Å². The quantitative estimate of drug-likeness (QED) is 0.513. The highest BCUT2D eigenvalue weighted by atomic mass is 35.5. The highest BCUT2D eigenvalue weighted by Crippen LogP contribution is 2.42. The predicted octanol–water partition coefficient (Wildman–Crippen LogP) is 4.41. The Morgan fingerprint density at radius 3 is 2.56 bits per heavy atom. The van der Waals surface area contributed by atoms with Gasteiger partial charge in [0.1, 0.15) is 5.75 Å². The number of halogens is 2. The zero-order valence-corrected chi connectivity index (χ0v) is 22.8. The Hall–Kier alpha value is -2.35. The Balaban J connectivity index is 0.00000228. The summed E-state index contributed by atoms with van der Waals surface area (Å²) in [6.45, 7) is 6.07. The highest BCUT2D eigenvalue weighted by molar-refractivity contribution is 5.86. The molecule has 0 saturated carbocycles. The molecule has 1 aromatic heterocycles. The van der Waals surface area contributed by atoms with E-state index in [9.17, 15) is 9.59 Å². The third kappa shape index (κ3) is 7.11. The number of nitrogens with one attached hydrogen (secondary N) is 1. The number of hydrogen-bond donors (Lipinski definition) is 1. The van der Waals surface area contributed by atoms with Crippen LogP contribution in [-0.2, 0) is 16.1 Å². The van der Waals surface area contributed by atoms with Gasteiger partial charge in [0.05, 0.1) is 18.6 Å². The number of benzene rings is 1. The van der Waals surface area contributed by atoms with Gasteiger partial charge in [-0.15, -0.1) is 24.8 Å². The van der Waals surface area contributed by atoms with Gasteiger partial charge < -0.3 is 19.9 Å². The SMILES string of the molecule is CCC(=O)NC(CCN1CCC2(CC1)CCN(Cc1cccnc1)C2=O)c1cccc(OC)c1.Cl.Cl. The van der Waals surface area contributed by atoms with Crippen molar-refractivity contribution in [1.29, 1.82) is 0 Å². The average Bonchev–Trinajstić information content (AvgIpc) is 3.17. The van der Waals surface area contributed by atoms with Crippen LogP contribution in [0.2, 0.25) is 0 Å². The van der Waals surface area contributed by atoms with Crippen molar-refractivity contribution in [2.45, 2.75) is 51.6 Å². The summed E-state index contributed by atoms with van der Waals surface area (Å²) in [6.07, 6.45) is 7.65. The van der Waals surface area contributed by atoms with E-state index in [4.69, 9.17) is 4.74 Å². The van der Waals surface area contributed by atoms with Crippen LogP contribution >= 0.6 is 24.8 Å². The number of methoxy groups -OCH3 is 1. The Bertz CT molecular complexity index is 984. The van der Waals surface area contributed by atoms with E-state index in [1.54, 1.807) is 13.3 Å². The maximum Gasteiger partial charge on any atom is 0.229 e. The number of carbonyl (C=O) groups is 2. The molecule has 3 heterocycles. The zero-order chi connectivity index (χ0) is 24.0. The Labute approximate surface area is 226 Å². The summed E-state index contributed by atoms with van der Waals surface area (Å²) < 4.78 is 5.38. The van der Waals surface area contributed by atoms with Crippen molar-refractivity contribution < 1.29 is 14.3 Å². The summed E-state index contributed by atoms with van der Waals surface area (Å²) in [5.74, 6) is 1.15. The molecule has 4 rings (SSSR count). The minimum absolute atomic E-state index is 0. The molecule has 198 valence electrons. The van der Waals surface area contributed by atoms with E-state index >= 15 is 0 Å². The third-order valence-electron chi connectivity index (χ3n) is 7.40. The maximum atomic E-state index is 13.3. The number of hydrogen-bond acceptors (Lipinski definition) is 5. The van der Waals surface area contributed by atoms with Gasteiger partial charge in [0.2, 0.25) is 11.8 Å². The van der Waals surface area contributed by atoms with E-state index in [0.717, 1.165) is 68.7 Å². The lowest BCUT2D eigenvalue weighted by atomic mass is 9.77. The van der Waals surface area contributed by atoms with Crippen LogP contribution in [0, 0.1) is 5.41 Å². The Morgan fingerprint density at radius 2 is 1.89 bits per heavy atom. The van der Waals surface area contributed by atoms with Gasteiger partial charge in [-0.1, -0.05) is 25.1 Å². The molecule has 2 amide bonds. The molecule has 1 N–H and O–H groups in total. The Morgan fingerprint density at radius 1 is 1.14 bits per heavy atom. The first-order chi connectivity index (χ1) is 16.5. The fraction of sp³-hybridized carbons (Fsp3) is 0.519. The summed E-state index contributed by atoms with van der Waals surface area (Å²) in [5, 5.41) is 3.17. The molecular formula is C27H38Cl2N4O3. The molecule has 0 aliphatic carbocycles. The first-order valence-corrected chi connectivity index (χ1v) is 12.4. The maximum absolute atomic E-state index is 13.3. The molecular weight excluding hydrogens is 499 g/mol. The fourth-order valence-electron chi connectivity index (χ4n) is 5.21. The standard InChI is InChI=1S/C27H36N4O3.2ClH/c1-3-25(32)29-24(22-7-4-8-23(18-22)34-2)9-14-30-15-10-27(11-16-30)12-17-31(26(27)33)20-21-6-5-13-28-19-21;;/h4-8,13,18-19,24H,3,9-12,14-17,20H2,1-2H3,(H,29,32);2*1H. The lowest BCUT2D eigenvalue weighted by Gasteiger charge is -2.38. The van der Waals surface area contributed by atoms with Gasteiger partial charge in [-0.05, 0) is 68.1 Å². The molecule has 0 radical (unpaired) electrons. The Kier molecular flexibility index (Phi) is 11.5. The number of rotatable bonds is 9. The van der Waals surface area contributed by atoms with Crippen molar-refractivity contribution in [2.24, 2.45) is 5.41 Å². The number of amides is 2. The summed E-state index contributed by atoms with van der Waals surface area (Å²) in [7, 11) is 1.66. The number of likely N-dealkylation sites (tertiary alicyclic amines) is 2. The van der Waals surface area contributed by atoms with Gasteiger partial charge in [-0.3, -0.25) is 14.6 Å². The molecule has 7 nitrogen and oxygen atoms in total. The predicted molar refractivity (Wildman–Crippen MR) is 146 cm³/mol. The largest absolute Gasteiger partial charge is 0.497 e. The lowest BCUT2D eigenvalue weighted by molar-refractivity contribution is -0.139. The monoisotopic (exact) mass is 536 g/mol. The van der Waals surface area contributed by atoms with Crippen molar-refractivity contribution >= 4 is 36.6 Å². The van der Waals surface area contributed by atoms with Gasteiger partial charge in [0.25, 0.3) is 0 Å². The van der Waals surface area contributed by atoms with Gasteiger partial charge in [-0.25, -0.2) is 0 Å². The summed E-state index contributed by atoms with van der Waals surface area (Å²) in [5.41, 5.74) is 1.94. The normalized spacial score (nSPS) is 17.7. The van der Waals surface area contributed by atoms with Crippen LogP contribution in [0.5, 0.6) is 5.75 Å². The van der Waals surface area contributed by atoms with E-state index in [1.165, 1.54) is 0 Å². The van der Waals surface area contributed by atoms with Gasteiger partial charge in [0, 0.05) is 38.4 Å². The molecule has 1 unspecified atom stereocenters. The summed E-state index contributed by atoms with van der Waals surface area (Å²) in [6, 6.07) is 11.8. The van der Waals surface area contributed by atoms with E-state index in [-0.39, 0.29) is 42.2 Å². The molecule has 36 heavy (non-hydrogen) atoms. The second-order valence-electron chi connectivity index (χ2n) is 9.50. The first-order valence-electron chi connectivity index (χ1n) is 12.4. The van der Waals surface area contributed by atoms with Crippen LogP contribution in [-0.4, -0.2) is 59.9 Å². The molecule has 2 aliphatic heterocycles. The van der Waals surface area contributed by atoms with E-state index in [1.807, 2.05) is 54.4 Å². The van der Waals surface area contributed by atoms with Crippen molar-refractivity contribution in [1.82, 2.24) is 20.1 Å². The summed E-state index contributed by atoms with van der Waals surface area (Å²) >= 11 is 0. The molecule has 1 spiro atoms. The number of piperidine rings is 1. The first kappa shape index (κ1) is 29.9. The van der Waals surface area contributed by atoms with E-state index < -0.39 is 0 Å². The molecule has 2 fully saturated rings. The van der Waals surface area contributed by atoms with Crippen LogP contribution in [0.25, 0.3) is 0 Å². The van der Waals surface area contributed by atoms with Crippen LogP contribution in [0.1, 0.15) is 56.2 Å². The molecule has 2 aliphatic rings. The summed E-state index contributed by atoms with van der Waals surface area (Å²) in [4.78, 5) is 34.1. The number of ether oxygens (including phenoxy) is 1. The second kappa shape index (κ2) is 13.8. The minimum Gasteiger partial charge on any atom is -0.497 e. The number of carbonyl (C=O) groups excluding carboxylic acids is 2. The van der Waals surface area contributed by atoms with Gasteiger partial charge in [0.15, 0.2) is 0 Å². The number of nitrogens with zero attached hydrogens (tertiary/aromatic N) is 3. The second-order valence-corrected chi connectivity index (χ2v) is 9.50. The average molecular weight is 538 g/mol. The van der Waals surface area contributed by atoms with Crippen molar-refractivity contribution in [3.63, 3.8) is 0 Å². The molecule has 0 bridgehead atoms. The number of aromatic nitrogens is 1. The van der Waals surface area contributed by atoms with Crippen molar-refractivity contribution in [3.05, 3.63) is 59.9 Å². The molecule has 1 aromatic carbocycles. The van der Waals surface area contributed by atoms with E-state index in [0.29, 0.717) is 18.9 Å². The van der Waals surface area contributed by atoms with Gasteiger partial charge >= 0.3 is 0 Å². The fourth-order valence-corrected chi connectivity index (χ4v) is 5.21. The topological polar surface area (TPSA) is 74.8 Å². The lowest BCUT2D eigenvalue weighted by Crippen LogP contribution is -2.45. The highest BCUT2D eigenvalue weighted by Gasteiger charge is 2.47. The van der Waals surface area contributed by atoms with E-state index in [2.05, 4.69) is 15.2 Å². The minimum atomic E-state index is -0.207. The molecule has 2 aromatic rings. The van der Waals surface area contributed by atoms with Crippen molar-refractivity contribution in [3.8, 4) is 5.75 Å². The van der Waals surface area contributed by atoms with Crippen LogP contribution in [0.4, 0.5) is 0 Å². The molecule has 2 saturated heterocycles. The van der Waals surface area contributed by atoms with Crippen LogP contribution in [0.15, 0.2) is 48.8 Å². The number of pyridine rings is 1.